The Kier molecular flexibility index (Phi) is 6.05. The maximum atomic E-state index is 14.7. The fraction of sp³-hybridized carbons (Fsp3) is 0.148. The molecule has 0 aliphatic carbocycles. The van der Waals surface area contributed by atoms with Gasteiger partial charge in [0.15, 0.2) is 0 Å². The molecule has 0 amide bonds. The summed E-state index contributed by atoms with van der Waals surface area (Å²) in [7, 11) is -1.34. The van der Waals surface area contributed by atoms with Gasteiger partial charge in [-0.25, -0.2) is 21.8 Å². The van der Waals surface area contributed by atoms with Gasteiger partial charge < -0.3 is 5.11 Å². The van der Waals surface area contributed by atoms with Gasteiger partial charge in [0.2, 0.25) is 15.6 Å². The van der Waals surface area contributed by atoms with Crippen LogP contribution >= 0.6 is 0 Å². The van der Waals surface area contributed by atoms with Gasteiger partial charge in [0.05, 0.1) is 22.3 Å². The molecule has 1 unspecified atom stereocenters. The minimum atomic E-state index is -5.17. The van der Waals surface area contributed by atoms with Crippen molar-refractivity contribution in [2.45, 2.75) is 16.7 Å². The second-order valence-corrected chi connectivity index (χ2v) is 11.1. The fourth-order valence-electron chi connectivity index (χ4n) is 4.53. The van der Waals surface area contributed by atoms with Crippen LogP contribution in [0.4, 0.5) is 17.6 Å². The minimum Gasteiger partial charge on any atom is -0.372 e. The normalized spacial score (nSPS) is 14.3. The van der Waals surface area contributed by atoms with Crippen molar-refractivity contribution in [1.82, 2.24) is 14.1 Å². The zero-order chi connectivity index (χ0) is 27.5. The number of alkyl halides is 3. The van der Waals surface area contributed by atoms with E-state index in [-0.39, 0.29) is 15.7 Å². The summed E-state index contributed by atoms with van der Waals surface area (Å²) < 4.78 is 85.7. The summed E-state index contributed by atoms with van der Waals surface area (Å²) in [5, 5.41) is 16.0. The second kappa shape index (κ2) is 8.90. The van der Waals surface area contributed by atoms with E-state index >= 15 is 0 Å². The first-order valence-electron chi connectivity index (χ1n) is 11.3. The number of aromatic nitrogens is 2. The summed E-state index contributed by atoms with van der Waals surface area (Å²) in [6.07, 6.45) is -3.82. The third-order valence-electron chi connectivity index (χ3n) is 6.50. The summed E-state index contributed by atoms with van der Waals surface area (Å²) >= 11 is 0. The molecule has 0 aliphatic heterocycles. The van der Waals surface area contributed by atoms with Gasteiger partial charge in [-0.3, -0.25) is 0 Å². The summed E-state index contributed by atoms with van der Waals surface area (Å²) in [6, 6.07) is 17.0. The van der Waals surface area contributed by atoms with Crippen LogP contribution in [0.25, 0.3) is 27.4 Å². The Morgan fingerprint density at radius 3 is 2.18 bits per heavy atom. The molecule has 1 aromatic heterocycles. The summed E-state index contributed by atoms with van der Waals surface area (Å²) in [5.41, 5.74) is -3.50. The zero-order valence-corrected chi connectivity index (χ0v) is 20.9. The van der Waals surface area contributed by atoms with E-state index < -0.39 is 38.7 Å². The number of rotatable bonds is 5. The van der Waals surface area contributed by atoms with Gasteiger partial charge in [-0.15, -0.1) is 0 Å². The molecule has 0 saturated carbocycles. The SMILES string of the molecule is CN(C)S(=O)(=O)c1ccc(C(O)(c2ccc3c(cnn3-c3ccc(F)cc3)c2)C(F)(F)F)c2ccccc12. The van der Waals surface area contributed by atoms with Crippen LogP contribution in [0.3, 0.4) is 0 Å². The van der Waals surface area contributed by atoms with E-state index in [2.05, 4.69) is 5.10 Å². The van der Waals surface area contributed by atoms with E-state index in [9.17, 15) is 31.1 Å². The Labute approximate surface area is 215 Å². The first-order valence-corrected chi connectivity index (χ1v) is 12.8. The third-order valence-corrected chi connectivity index (χ3v) is 8.37. The number of sulfonamides is 1. The van der Waals surface area contributed by atoms with E-state index in [1.165, 1.54) is 85.6 Å². The molecular weight excluding hydrogens is 522 g/mol. The maximum Gasteiger partial charge on any atom is 0.425 e. The molecule has 6 nitrogen and oxygen atoms in total. The van der Waals surface area contributed by atoms with Crippen molar-refractivity contribution in [2.75, 3.05) is 14.1 Å². The van der Waals surface area contributed by atoms with Crippen molar-refractivity contribution in [3.8, 4) is 5.69 Å². The number of aliphatic hydroxyl groups is 1. The molecule has 196 valence electrons. The average Bonchev–Trinajstić information content (AvgIpc) is 3.30. The molecular formula is C27H21F4N3O3S. The minimum absolute atomic E-state index is 0.0478. The highest BCUT2D eigenvalue weighted by atomic mass is 32.2. The van der Waals surface area contributed by atoms with Gasteiger partial charge >= 0.3 is 6.18 Å². The monoisotopic (exact) mass is 543 g/mol. The van der Waals surface area contributed by atoms with Gasteiger partial charge in [0.1, 0.15) is 5.82 Å². The van der Waals surface area contributed by atoms with Gasteiger partial charge in [-0.05, 0) is 53.4 Å². The summed E-state index contributed by atoms with van der Waals surface area (Å²) in [6.45, 7) is 0. The number of hydrogen-bond acceptors (Lipinski definition) is 4. The number of nitrogens with zero attached hydrogens (tertiary/aromatic N) is 3. The number of hydrogen-bond donors (Lipinski definition) is 1. The molecule has 1 heterocycles. The van der Waals surface area contributed by atoms with Crippen molar-refractivity contribution >= 4 is 31.7 Å². The van der Waals surface area contributed by atoms with Crippen molar-refractivity contribution in [1.29, 1.82) is 0 Å². The van der Waals surface area contributed by atoms with Crippen molar-refractivity contribution in [3.05, 3.63) is 102 Å². The standard InChI is InChI=1S/C27H21F4N3O3S/c1-33(2)38(36,37)25-14-12-23(21-5-3-4-6-22(21)25)26(35,27(29,30)31)18-7-13-24-17(15-18)16-32-34(24)20-10-8-19(28)9-11-20/h3-16,35H,1-2H3. The molecule has 0 fully saturated rings. The van der Waals surface area contributed by atoms with E-state index in [4.69, 9.17) is 0 Å². The van der Waals surface area contributed by atoms with Crippen LogP contribution in [-0.4, -0.2) is 47.9 Å². The molecule has 0 aliphatic rings. The Bertz CT molecular complexity index is 1780. The molecule has 0 bridgehead atoms. The van der Waals surface area contributed by atoms with Crippen molar-refractivity contribution in [3.63, 3.8) is 0 Å². The maximum absolute atomic E-state index is 14.7. The van der Waals surface area contributed by atoms with Crippen LogP contribution in [0.5, 0.6) is 0 Å². The first kappa shape index (κ1) is 25.8. The lowest BCUT2D eigenvalue weighted by molar-refractivity contribution is -0.247. The smallest absolute Gasteiger partial charge is 0.372 e. The predicted octanol–water partition coefficient (Wildman–Crippen LogP) is 5.37. The van der Waals surface area contributed by atoms with Gasteiger partial charge in [-0.1, -0.05) is 36.4 Å². The average molecular weight is 544 g/mol. The van der Waals surface area contributed by atoms with Crippen LogP contribution in [0.1, 0.15) is 11.1 Å². The fourth-order valence-corrected chi connectivity index (χ4v) is 5.62. The highest BCUT2D eigenvalue weighted by Crippen LogP contribution is 2.47. The molecule has 38 heavy (non-hydrogen) atoms. The van der Waals surface area contributed by atoms with E-state index in [0.29, 0.717) is 16.6 Å². The van der Waals surface area contributed by atoms with E-state index in [1.54, 1.807) is 0 Å². The zero-order valence-electron chi connectivity index (χ0n) is 20.1. The van der Waals surface area contributed by atoms with E-state index in [1.807, 2.05) is 0 Å². The molecule has 5 aromatic rings. The van der Waals surface area contributed by atoms with Gasteiger partial charge in [0.25, 0.3) is 0 Å². The molecule has 11 heteroatoms. The second-order valence-electron chi connectivity index (χ2n) is 8.96. The molecule has 0 spiro atoms. The van der Waals surface area contributed by atoms with Crippen LogP contribution in [0.15, 0.2) is 90.0 Å². The van der Waals surface area contributed by atoms with Crippen molar-refractivity contribution in [2.24, 2.45) is 0 Å². The Morgan fingerprint density at radius 1 is 0.895 bits per heavy atom. The lowest BCUT2D eigenvalue weighted by atomic mass is 9.82. The topological polar surface area (TPSA) is 75.4 Å². The number of halogens is 4. The van der Waals surface area contributed by atoms with Gasteiger partial charge in [0, 0.05) is 30.4 Å². The number of benzene rings is 4. The lowest BCUT2D eigenvalue weighted by Gasteiger charge is -2.33. The van der Waals surface area contributed by atoms with Crippen LogP contribution in [-0.2, 0) is 15.6 Å². The molecule has 0 radical (unpaired) electrons. The van der Waals surface area contributed by atoms with Crippen LogP contribution in [0, 0.1) is 5.82 Å². The summed E-state index contributed by atoms with van der Waals surface area (Å²) in [4.78, 5) is -0.178. The lowest BCUT2D eigenvalue weighted by Crippen LogP contribution is -2.43. The van der Waals surface area contributed by atoms with Gasteiger partial charge in [-0.2, -0.15) is 18.3 Å². The molecule has 4 aromatic carbocycles. The van der Waals surface area contributed by atoms with E-state index in [0.717, 1.165) is 22.5 Å². The van der Waals surface area contributed by atoms with Crippen LogP contribution < -0.4 is 0 Å². The highest BCUT2D eigenvalue weighted by Gasteiger charge is 2.57. The Balaban J connectivity index is 1.73. The third kappa shape index (κ3) is 3.94. The first-order chi connectivity index (χ1) is 17.9. The predicted molar refractivity (Wildman–Crippen MR) is 135 cm³/mol. The quantitative estimate of drug-likeness (QED) is 0.303. The Morgan fingerprint density at radius 2 is 1.55 bits per heavy atom. The summed E-state index contributed by atoms with van der Waals surface area (Å²) in [5.74, 6) is -0.445. The molecule has 5 rings (SSSR count). The molecule has 1 atom stereocenters. The Hall–Kier alpha value is -3.80. The largest absolute Gasteiger partial charge is 0.425 e. The van der Waals surface area contributed by atoms with Crippen LogP contribution in [0.2, 0.25) is 0 Å². The number of fused-ring (bicyclic) bond motifs is 2. The molecule has 0 saturated heterocycles. The molecule has 1 N–H and O–H groups in total. The highest BCUT2D eigenvalue weighted by molar-refractivity contribution is 7.89. The van der Waals surface area contributed by atoms with Crippen molar-refractivity contribution < 1.29 is 31.1 Å².